The van der Waals surface area contributed by atoms with E-state index in [0.29, 0.717) is 13.0 Å². The number of nitrogens with zero attached hydrogens (tertiary/aromatic N) is 4. The summed E-state index contributed by atoms with van der Waals surface area (Å²) < 4.78 is 1.93. The van der Waals surface area contributed by atoms with E-state index in [4.69, 9.17) is 0 Å². The molecular formula is C20H19N5OS. The van der Waals surface area contributed by atoms with Gasteiger partial charge in [-0.15, -0.1) is 21.5 Å². The molecule has 4 rings (SSSR count). The van der Waals surface area contributed by atoms with Crippen molar-refractivity contribution in [2.45, 2.75) is 19.8 Å². The van der Waals surface area contributed by atoms with Crippen molar-refractivity contribution >= 4 is 22.9 Å². The third-order valence-corrected chi connectivity index (χ3v) is 5.19. The predicted octanol–water partition coefficient (Wildman–Crippen LogP) is 3.06. The first-order chi connectivity index (χ1) is 13.2. The maximum Gasteiger partial charge on any atom is 0.226 e. The fourth-order valence-electron chi connectivity index (χ4n) is 2.82. The number of hydrogen-bond acceptors (Lipinski definition) is 5. The summed E-state index contributed by atoms with van der Waals surface area (Å²) in [5, 5.41) is 14.1. The fourth-order valence-corrected chi connectivity index (χ4v) is 3.64. The average molecular weight is 377 g/mol. The van der Waals surface area contributed by atoms with Crippen LogP contribution in [-0.4, -0.2) is 32.0 Å². The molecule has 4 aromatic rings. The summed E-state index contributed by atoms with van der Waals surface area (Å²) in [6.45, 7) is 2.58. The summed E-state index contributed by atoms with van der Waals surface area (Å²) in [5.41, 5.74) is 3.90. The number of carbonyl (C=O) groups is 1. The highest BCUT2D eigenvalue weighted by molar-refractivity contribution is 7.13. The molecule has 1 N–H and O–H groups in total. The number of amides is 1. The fraction of sp³-hybridized carbons (Fsp3) is 0.200. The van der Waals surface area contributed by atoms with Gasteiger partial charge in [0, 0.05) is 30.1 Å². The Hall–Kier alpha value is -3.06. The predicted molar refractivity (Wildman–Crippen MR) is 106 cm³/mol. The van der Waals surface area contributed by atoms with Crippen LogP contribution in [0.25, 0.3) is 16.2 Å². The molecule has 6 nitrogen and oxygen atoms in total. The van der Waals surface area contributed by atoms with Gasteiger partial charge < -0.3 is 5.32 Å². The van der Waals surface area contributed by atoms with E-state index in [9.17, 15) is 4.79 Å². The summed E-state index contributed by atoms with van der Waals surface area (Å²) in [4.78, 5) is 16.8. The third-order valence-electron chi connectivity index (χ3n) is 4.25. The minimum Gasteiger partial charge on any atom is -0.355 e. The summed E-state index contributed by atoms with van der Waals surface area (Å²) in [6, 6.07) is 14.0. The number of benzene rings is 1. The highest BCUT2D eigenvalue weighted by Crippen LogP contribution is 2.24. The Balaban J connectivity index is 1.31. The van der Waals surface area contributed by atoms with Crippen molar-refractivity contribution in [1.29, 1.82) is 0 Å². The number of hydrogen-bond donors (Lipinski definition) is 1. The van der Waals surface area contributed by atoms with Crippen LogP contribution < -0.4 is 5.32 Å². The largest absolute Gasteiger partial charge is 0.355 e. The highest BCUT2D eigenvalue weighted by atomic mass is 32.1. The first-order valence-electron chi connectivity index (χ1n) is 8.76. The molecule has 0 aliphatic carbocycles. The second-order valence-electron chi connectivity index (χ2n) is 6.33. The van der Waals surface area contributed by atoms with Crippen molar-refractivity contribution in [3.05, 3.63) is 71.1 Å². The van der Waals surface area contributed by atoms with Gasteiger partial charge in [0.2, 0.25) is 5.91 Å². The number of fused-ring (bicyclic) bond motifs is 1. The van der Waals surface area contributed by atoms with E-state index < -0.39 is 0 Å². The summed E-state index contributed by atoms with van der Waals surface area (Å²) in [7, 11) is 0. The van der Waals surface area contributed by atoms with Gasteiger partial charge in [-0.2, -0.15) is 0 Å². The standard InChI is InChI=1S/C20H19N5OS/c1-14-5-7-15(8-6-14)20-22-16(13-27-20)12-19(26)21-10-9-18-24-23-17-4-2-3-11-25(17)18/h2-8,11,13H,9-10,12H2,1H3,(H,21,26). The number of carbonyl (C=O) groups excluding carboxylic acids is 1. The lowest BCUT2D eigenvalue weighted by Gasteiger charge is -2.03. The second-order valence-corrected chi connectivity index (χ2v) is 7.19. The highest BCUT2D eigenvalue weighted by Gasteiger charge is 2.10. The van der Waals surface area contributed by atoms with Crippen molar-refractivity contribution in [1.82, 2.24) is 24.9 Å². The SMILES string of the molecule is Cc1ccc(-c2nc(CC(=O)NCCc3nnc4ccccn34)cs2)cc1. The second kappa shape index (κ2) is 7.67. The van der Waals surface area contributed by atoms with Crippen LogP contribution in [0, 0.1) is 6.92 Å². The maximum absolute atomic E-state index is 12.2. The van der Waals surface area contributed by atoms with Gasteiger partial charge in [0.25, 0.3) is 0 Å². The van der Waals surface area contributed by atoms with Crippen molar-refractivity contribution in [2.75, 3.05) is 6.54 Å². The number of nitrogens with one attached hydrogen (secondary N) is 1. The van der Waals surface area contributed by atoms with Gasteiger partial charge in [-0.05, 0) is 19.1 Å². The summed E-state index contributed by atoms with van der Waals surface area (Å²) >= 11 is 1.56. The molecule has 0 unspecified atom stereocenters. The van der Waals surface area contributed by atoms with Crippen molar-refractivity contribution in [2.24, 2.45) is 0 Å². The molecule has 0 atom stereocenters. The van der Waals surface area contributed by atoms with Gasteiger partial charge in [-0.25, -0.2) is 4.98 Å². The smallest absolute Gasteiger partial charge is 0.226 e. The van der Waals surface area contributed by atoms with E-state index in [0.717, 1.165) is 27.7 Å². The Morgan fingerprint density at radius 2 is 2.00 bits per heavy atom. The van der Waals surface area contributed by atoms with Crippen molar-refractivity contribution in [3.63, 3.8) is 0 Å². The van der Waals surface area contributed by atoms with Crippen LogP contribution in [0.3, 0.4) is 0 Å². The van der Waals surface area contributed by atoms with Crippen LogP contribution in [0.5, 0.6) is 0 Å². The van der Waals surface area contributed by atoms with E-state index in [2.05, 4.69) is 51.7 Å². The van der Waals surface area contributed by atoms with Crippen LogP contribution in [0.2, 0.25) is 0 Å². The third kappa shape index (κ3) is 4.03. The van der Waals surface area contributed by atoms with Crippen LogP contribution in [0.15, 0.2) is 54.0 Å². The topological polar surface area (TPSA) is 72.2 Å². The molecule has 0 aliphatic heterocycles. The van der Waals surface area contributed by atoms with Crippen LogP contribution in [0.4, 0.5) is 0 Å². The Morgan fingerprint density at radius 1 is 1.15 bits per heavy atom. The average Bonchev–Trinajstić information content (AvgIpc) is 3.30. The molecule has 0 saturated heterocycles. The lowest BCUT2D eigenvalue weighted by atomic mass is 10.2. The van der Waals surface area contributed by atoms with Crippen molar-refractivity contribution < 1.29 is 4.79 Å². The monoisotopic (exact) mass is 377 g/mol. The van der Waals surface area contributed by atoms with Gasteiger partial charge in [-0.1, -0.05) is 35.9 Å². The molecule has 0 aliphatic rings. The molecule has 1 aromatic carbocycles. The summed E-state index contributed by atoms with van der Waals surface area (Å²) in [5.74, 6) is 0.797. The van der Waals surface area contributed by atoms with Gasteiger partial charge >= 0.3 is 0 Å². The van der Waals surface area contributed by atoms with Gasteiger partial charge in [0.05, 0.1) is 12.1 Å². The van der Waals surface area contributed by atoms with E-state index in [1.807, 2.05) is 34.2 Å². The van der Waals surface area contributed by atoms with Crippen LogP contribution in [-0.2, 0) is 17.6 Å². The molecule has 0 bridgehead atoms. The number of rotatable bonds is 6. The molecule has 0 fully saturated rings. The summed E-state index contributed by atoms with van der Waals surface area (Å²) in [6.07, 6.45) is 2.83. The van der Waals surface area contributed by atoms with Gasteiger partial charge in [0.1, 0.15) is 10.8 Å². The zero-order chi connectivity index (χ0) is 18.6. The molecule has 27 heavy (non-hydrogen) atoms. The molecule has 3 aromatic heterocycles. The van der Waals surface area contributed by atoms with Crippen LogP contribution >= 0.6 is 11.3 Å². The number of pyridine rings is 1. The van der Waals surface area contributed by atoms with Crippen molar-refractivity contribution in [3.8, 4) is 10.6 Å². The Morgan fingerprint density at radius 3 is 2.85 bits per heavy atom. The molecule has 0 radical (unpaired) electrons. The molecule has 7 heteroatoms. The van der Waals surface area contributed by atoms with Gasteiger partial charge in [-0.3, -0.25) is 9.20 Å². The maximum atomic E-state index is 12.2. The number of thiazole rings is 1. The van der Waals surface area contributed by atoms with E-state index >= 15 is 0 Å². The minimum atomic E-state index is -0.0374. The van der Waals surface area contributed by atoms with Gasteiger partial charge in [0.15, 0.2) is 5.65 Å². The Labute approximate surface area is 160 Å². The molecule has 0 spiro atoms. The van der Waals surface area contributed by atoms with E-state index in [1.165, 1.54) is 5.56 Å². The lowest BCUT2D eigenvalue weighted by molar-refractivity contribution is -0.120. The molecule has 3 heterocycles. The zero-order valence-electron chi connectivity index (χ0n) is 14.9. The molecule has 1 amide bonds. The first kappa shape index (κ1) is 17.4. The molecule has 136 valence electrons. The van der Waals surface area contributed by atoms with E-state index in [1.54, 1.807) is 11.3 Å². The number of aryl methyl sites for hydroxylation is 1. The first-order valence-corrected chi connectivity index (χ1v) is 9.64. The normalized spacial score (nSPS) is 11.0. The minimum absolute atomic E-state index is 0.0374. The molecule has 0 saturated carbocycles. The Bertz CT molecular complexity index is 1070. The number of aromatic nitrogens is 4. The zero-order valence-corrected chi connectivity index (χ0v) is 15.7. The quantitative estimate of drug-likeness (QED) is 0.561. The van der Waals surface area contributed by atoms with E-state index in [-0.39, 0.29) is 12.3 Å². The Kier molecular flexibility index (Phi) is 4.93. The van der Waals surface area contributed by atoms with Crippen LogP contribution in [0.1, 0.15) is 17.1 Å². The molecular weight excluding hydrogens is 358 g/mol. The lowest BCUT2D eigenvalue weighted by Crippen LogP contribution is -2.27.